The summed E-state index contributed by atoms with van der Waals surface area (Å²) >= 11 is 3.25. The van der Waals surface area contributed by atoms with Gasteiger partial charge in [0.25, 0.3) is 5.91 Å². The molecule has 0 spiro atoms. The number of nitrogens with one attached hydrogen (secondary N) is 1. The van der Waals surface area contributed by atoms with Gasteiger partial charge in [0.15, 0.2) is 0 Å². The van der Waals surface area contributed by atoms with Gasteiger partial charge in [-0.15, -0.1) is 0 Å². The second kappa shape index (κ2) is 5.99. The average Bonchev–Trinajstić information content (AvgIpc) is 2.27. The summed E-state index contributed by atoms with van der Waals surface area (Å²) in [6.07, 6.45) is 2.67. The summed E-state index contributed by atoms with van der Waals surface area (Å²) in [5.41, 5.74) is 0.636. The van der Waals surface area contributed by atoms with Crippen LogP contribution in [0.2, 0.25) is 0 Å². The highest BCUT2D eigenvalue weighted by molar-refractivity contribution is 9.10. The fourth-order valence-electron chi connectivity index (χ4n) is 1.33. The Labute approximate surface area is 105 Å². The zero-order chi connectivity index (χ0) is 12.1. The van der Waals surface area contributed by atoms with E-state index >= 15 is 0 Å². The molecule has 0 fully saturated rings. The smallest absolute Gasteiger partial charge is 0.251 e. The first-order valence-electron chi connectivity index (χ1n) is 5.47. The summed E-state index contributed by atoms with van der Waals surface area (Å²) in [6, 6.07) is 3.62. The molecule has 0 aliphatic carbocycles. The van der Waals surface area contributed by atoms with E-state index in [1.165, 1.54) is 0 Å². The molecule has 1 amide bonds. The molecule has 0 saturated heterocycles. The van der Waals surface area contributed by atoms with Crippen LogP contribution >= 0.6 is 15.9 Å². The van der Waals surface area contributed by atoms with Crippen molar-refractivity contribution in [2.75, 3.05) is 0 Å². The highest BCUT2D eigenvalue weighted by Gasteiger charge is 2.14. The monoisotopic (exact) mass is 284 g/mol. The summed E-state index contributed by atoms with van der Waals surface area (Å²) in [6.45, 7) is 6.28. The molecule has 0 aromatic carbocycles. The normalized spacial score (nSPS) is 14.2. The Kier molecular flexibility index (Phi) is 4.93. The van der Waals surface area contributed by atoms with E-state index in [0.717, 1.165) is 6.42 Å². The van der Waals surface area contributed by atoms with Crippen LogP contribution in [0.3, 0.4) is 0 Å². The van der Waals surface area contributed by atoms with Crippen molar-refractivity contribution in [3.63, 3.8) is 0 Å². The van der Waals surface area contributed by atoms with Gasteiger partial charge in [0, 0.05) is 17.8 Å². The highest BCUT2D eigenvalue weighted by Crippen LogP contribution is 2.10. The highest BCUT2D eigenvalue weighted by atomic mass is 79.9. The summed E-state index contributed by atoms with van der Waals surface area (Å²) in [5.74, 6) is 0.435. The molecule has 2 atom stereocenters. The van der Waals surface area contributed by atoms with Gasteiger partial charge in [-0.1, -0.05) is 20.3 Å². The molecule has 2 unspecified atom stereocenters. The van der Waals surface area contributed by atoms with Crippen LogP contribution in [-0.4, -0.2) is 16.9 Å². The number of carbonyl (C=O) groups excluding carboxylic acids is 1. The molecule has 1 rings (SSSR count). The largest absolute Gasteiger partial charge is 0.349 e. The third-order valence-corrected chi connectivity index (χ3v) is 3.28. The zero-order valence-electron chi connectivity index (χ0n) is 9.83. The van der Waals surface area contributed by atoms with Gasteiger partial charge < -0.3 is 5.32 Å². The molecule has 4 heteroatoms. The standard InChI is InChI=1S/C12H17BrN2O/c1-4-8(2)9(3)15-12(16)10-5-6-14-11(13)7-10/h5-9H,4H2,1-3H3,(H,15,16). The first-order chi connectivity index (χ1) is 7.54. The van der Waals surface area contributed by atoms with Gasteiger partial charge in [0.05, 0.1) is 0 Å². The van der Waals surface area contributed by atoms with Crippen molar-refractivity contribution >= 4 is 21.8 Å². The summed E-state index contributed by atoms with van der Waals surface area (Å²) in [4.78, 5) is 15.9. The van der Waals surface area contributed by atoms with Gasteiger partial charge in [0.1, 0.15) is 4.60 Å². The van der Waals surface area contributed by atoms with E-state index in [1.54, 1.807) is 18.3 Å². The maximum atomic E-state index is 11.9. The quantitative estimate of drug-likeness (QED) is 0.864. The minimum absolute atomic E-state index is 0.0455. The second-order valence-corrected chi connectivity index (χ2v) is 4.83. The maximum Gasteiger partial charge on any atom is 0.251 e. The minimum atomic E-state index is -0.0455. The average molecular weight is 285 g/mol. The fraction of sp³-hybridized carbons (Fsp3) is 0.500. The van der Waals surface area contributed by atoms with Gasteiger partial charge in [-0.2, -0.15) is 0 Å². The molecule has 88 valence electrons. The van der Waals surface area contributed by atoms with Crippen molar-refractivity contribution < 1.29 is 4.79 Å². The maximum absolute atomic E-state index is 11.9. The lowest BCUT2D eigenvalue weighted by Crippen LogP contribution is -2.36. The molecule has 1 heterocycles. The summed E-state index contributed by atoms with van der Waals surface area (Å²) < 4.78 is 0.677. The number of pyridine rings is 1. The molecule has 0 saturated carbocycles. The third-order valence-electron chi connectivity index (χ3n) is 2.85. The lowest BCUT2D eigenvalue weighted by atomic mass is 10.0. The van der Waals surface area contributed by atoms with Gasteiger partial charge in [-0.05, 0) is 40.9 Å². The summed E-state index contributed by atoms with van der Waals surface area (Å²) in [7, 11) is 0. The molecule has 0 bridgehead atoms. The van der Waals surface area contributed by atoms with Gasteiger partial charge in [-0.25, -0.2) is 4.98 Å². The summed E-state index contributed by atoms with van der Waals surface area (Å²) in [5, 5.41) is 2.99. The van der Waals surface area contributed by atoms with Crippen LogP contribution in [0.15, 0.2) is 22.9 Å². The van der Waals surface area contributed by atoms with E-state index in [4.69, 9.17) is 0 Å². The van der Waals surface area contributed by atoms with Crippen LogP contribution in [0.1, 0.15) is 37.6 Å². The SMILES string of the molecule is CCC(C)C(C)NC(=O)c1ccnc(Br)c1. The Bertz CT molecular complexity index is 368. The number of hydrogen-bond acceptors (Lipinski definition) is 2. The molecule has 0 aliphatic heterocycles. The van der Waals surface area contributed by atoms with Crippen molar-refractivity contribution in [2.45, 2.75) is 33.2 Å². The predicted molar refractivity (Wildman–Crippen MR) is 68.3 cm³/mol. The van der Waals surface area contributed by atoms with Crippen molar-refractivity contribution in [1.29, 1.82) is 0 Å². The lowest BCUT2D eigenvalue weighted by Gasteiger charge is -2.19. The number of hydrogen-bond donors (Lipinski definition) is 1. The van der Waals surface area contributed by atoms with Crippen LogP contribution in [-0.2, 0) is 0 Å². The number of nitrogens with zero attached hydrogens (tertiary/aromatic N) is 1. The van der Waals surface area contributed by atoms with Crippen LogP contribution in [0.4, 0.5) is 0 Å². The first-order valence-corrected chi connectivity index (χ1v) is 6.26. The van der Waals surface area contributed by atoms with E-state index in [-0.39, 0.29) is 11.9 Å². The fourth-order valence-corrected chi connectivity index (χ4v) is 1.69. The number of rotatable bonds is 4. The van der Waals surface area contributed by atoms with E-state index in [9.17, 15) is 4.79 Å². The van der Waals surface area contributed by atoms with E-state index in [0.29, 0.717) is 16.1 Å². The molecule has 1 aromatic heterocycles. The molecular weight excluding hydrogens is 268 g/mol. The topological polar surface area (TPSA) is 42.0 Å². The lowest BCUT2D eigenvalue weighted by molar-refractivity contribution is 0.0928. The van der Waals surface area contributed by atoms with Crippen LogP contribution in [0.25, 0.3) is 0 Å². The predicted octanol–water partition coefficient (Wildman–Crippen LogP) is 3.01. The second-order valence-electron chi connectivity index (χ2n) is 4.01. The van der Waals surface area contributed by atoms with Crippen LogP contribution in [0.5, 0.6) is 0 Å². The van der Waals surface area contributed by atoms with Crippen LogP contribution < -0.4 is 5.32 Å². The number of amides is 1. The number of aromatic nitrogens is 1. The molecular formula is C12H17BrN2O. The van der Waals surface area contributed by atoms with Gasteiger partial charge in [-0.3, -0.25) is 4.79 Å². The molecule has 1 aromatic rings. The van der Waals surface area contributed by atoms with Crippen molar-refractivity contribution in [2.24, 2.45) is 5.92 Å². The number of carbonyl (C=O) groups is 1. The van der Waals surface area contributed by atoms with Crippen molar-refractivity contribution in [3.8, 4) is 0 Å². The van der Waals surface area contributed by atoms with E-state index in [1.807, 2.05) is 6.92 Å². The molecule has 3 nitrogen and oxygen atoms in total. The van der Waals surface area contributed by atoms with Gasteiger partial charge in [0.2, 0.25) is 0 Å². The van der Waals surface area contributed by atoms with E-state index < -0.39 is 0 Å². The van der Waals surface area contributed by atoms with Crippen molar-refractivity contribution in [3.05, 3.63) is 28.5 Å². The Morgan fingerprint density at radius 2 is 2.25 bits per heavy atom. The Balaban J connectivity index is 2.66. The Morgan fingerprint density at radius 3 is 2.81 bits per heavy atom. The van der Waals surface area contributed by atoms with Gasteiger partial charge >= 0.3 is 0 Å². The first kappa shape index (κ1) is 13.2. The van der Waals surface area contributed by atoms with Crippen molar-refractivity contribution in [1.82, 2.24) is 10.3 Å². The minimum Gasteiger partial charge on any atom is -0.349 e. The molecule has 0 aliphatic rings. The Hall–Kier alpha value is -0.900. The Morgan fingerprint density at radius 1 is 1.56 bits per heavy atom. The third kappa shape index (κ3) is 3.59. The number of halogens is 1. The molecule has 1 N–H and O–H groups in total. The van der Waals surface area contributed by atoms with Crippen LogP contribution in [0, 0.1) is 5.92 Å². The molecule has 0 radical (unpaired) electrons. The zero-order valence-corrected chi connectivity index (χ0v) is 11.4. The molecule has 16 heavy (non-hydrogen) atoms. The van der Waals surface area contributed by atoms with E-state index in [2.05, 4.69) is 40.1 Å².